The second-order valence-corrected chi connectivity index (χ2v) is 5.59. The van der Waals surface area contributed by atoms with E-state index in [0.717, 1.165) is 30.5 Å². The molecule has 0 bridgehead atoms. The molecule has 2 rings (SSSR count). The number of halogens is 1. The van der Waals surface area contributed by atoms with Crippen molar-refractivity contribution in [3.63, 3.8) is 0 Å². The lowest BCUT2D eigenvalue weighted by molar-refractivity contribution is 0.485. The number of hydrogen-bond acceptors (Lipinski definition) is 2. The summed E-state index contributed by atoms with van der Waals surface area (Å²) in [5.41, 5.74) is 3.23. The van der Waals surface area contributed by atoms with E-state index in [1.165, 1.54) is 5.56 Å². The van der Waals surface area contributed by atoms with Crippen molar-refractivity contribution in [2.45, 2.75) is 32.7 Å². The summed E-state index contributed by atoms with van der Waals surface area (Å²) in [6.45, 7) is 4.91. The van der Waals surface area contributed by atoms with Gasteiger partial charge in [-0.2, -0.15) is 11.3 Å². The lowest BCUT2D eigenvalue weighted by Gasteiger charge is -2.19. The van der Waals surface area contributed by atoms with Crippen LogP contribution in [0.15, 0.2) is 35.0 Å². The van der Waals surface area contributed by atoms with Gasteiger partial charge in [-0.05, 0) is 54.8 Å². The van der Waals surface area contributed by atoms with E-state index in [0.29, 0.717) is 0 Å². The normalized spacial score (nSPS) is 12.6. The Morgan fingerprint density at radius 1 is 1.32 bits per heavy atom. The van der Waals surface area contributed by atoms with Crippen molar-refractivity contribution >= 4 is 11.3 Å². The highest BCUT2D eigenvalue weighted by Gasteiger charge is 2.15. The van der Waals surface area contributed by atoms with Crippen LogP contribution < -0.4 is 5.32 Å². The second-order valence-electron chi connectivity index (χ2n) is 4.81. The summed E-state index contributed by atoms with van der Waals surface area (Å²) >= 11 is 1.71. The van der Waals surface area contributed by atoms with Crippen molar-refractivity contribution in [2.75, 3.05) is 6.54 Å². The van der Waals surface area contributed by atoms with E-state index in [-0.39, 0.29) is 11.9 Å². The molecule has 1 aromatic carbocycles. The molecule has 0 radical (unpaired) electrons. The first-order chi connectivity index (χ1) is 9.20. The van der Waals surface area contributed by atoms with Gasteiger partial charge in [0.15, 0.2) is 0 Å². The fourth-order valence-corrected chi connectivity index (χ4v) is 2.99. The Bertz CT molecular complexity index is 507. The molecule has 1 heterocycles. The topological polar surface area (TPSA) is 12.0 Å². The summed E-state index contributed by atoms with van der Waals surface area (Å²) in [6, 6.07) is 7.57. The third kappa shape index (κ3) is 3.88. The summed E-state index contributed by atoms with van der Waals surface area (Å²) in [5.74, 6) is -0.109. The van der Waals surface area contributed by atoms with Gasteiger partial charge in [0, 0.05) is 11.6 Å². The van der Waals surface area contributed by atoms with Crippen LogP contribution in [0.4, 0.5) is 4.39 Å². The Kier molecular flexibility index (Phi) is 5.11. The van der Waals surface area contributed by atoms with Crippen molar-refractivity contribution in [1.82, 2.24) is 5.32 Å². The average Bonchev–Trinajstić information content (AvgIpc) is 2.91. The van der Waals surface area contributed by atoms with Crippen LogP contribution in [0.1, 0.15) is 36.1 Å². The monoisotopic (exact) mass is 277 g/mol. The van der Waals surface area contributed by atoms with Crippen molar-refractivity contribution in [1.29, 1.82) is 0 Å². The molecule has 1 N–H and O–H groups in total. The highest BCUT2D eigenvalue weighted by Crippen LogP contribution is 2.23. The maximum absolute atomic E-state index is 14.0. The van der Waals surface area contributed by atoms with Crippen LogP contribution in [-0.2, 0) is 6.42 Å². The number of rotatable bonds is 6. The molecular weight excluding hydrogens is 257 g/mol. The zero-order chi connectivity index (χ0) is 13.7. The minimum atomic E-state index is -0.109. The molecular formula is C16H20FNS. The van der Waals surface area contributed by atoms with Gasteiger partial charge in [-0.15, -0.1) is 0 Å². The summed E-state index contributed by atoms with van der Waals surface area (Å²) in [6.07, 6.45) is 1.90. The standard InChI is InChI=1S/C16H20FNS/c1-3-18-16(7-5-13-8-9-19-11-13)14-10-12(2)4-6-15(14)17/h4,6,8-11,16,18H,3,5,7H2,1-2H3. The summed E-state index contributed by atoms with van der Waals surface area (Å²) in [5, 5.41) is 7.64. The van der Waals surface area contributed by atoms with Gasteiger partial charge in [-0.1, -0.05) is 24.6 Å². The lowest BCUT2D eigenvalue weighted by Crippen LogP contribution is -2.22. The molecule has 0 fully saturated rings. The molecule has 0 aliphatic rings. The average molecular weight is 277 g/mol. The van der Waals surface area contributed by atoms with Gasteiger partial charge in [0.2, 0.25) is 0 Å². The second kappa shape index (κ2) is 6.83. The van der Waals surface area contributed by atoms with Gasteiger partial charge in [-0.25, -0.2) is 4.39 Å². The Balaban J connectivity index is 2.12. The highest BCUT2D eigenvalue weighted by molar-refractivity contribution is 7.07. The molecule has 102 valence electrons. The minimum absolute atomic E-state index is 0.0878. The summed E-state index contributed by atoms with van der Waals surface area (Å²) in [7, 11) is 0. The third-order valence-corrected chi connectivity index (χ3v) is 4.01. The first-order valence-corrected chi connectivity index (χ1v) is 7.65. The van der Waals surface area contributed by atoms with E-state index < -0.39 is 0 Å². The van der Waals surface area contributed by atoms with Gasteiger partial charge in [-0.3, -0.25) is 0 Å². The first-order valence-electron chi connectivity index (χ1n) is 6.71. The number of benzene rings is 1. The van der Waals surface area contributed by atoms with E-state index in [9.17, 15) is 4.39 Å². The van der Waals surface area contributed by atoms with Crippen LogP contribution in [-0.4, -0.2) is 6.54 Å². The van der Waals surface area contributed by atoms with Crippen LogP contribution in [0.5, 0.6) is 0 Å². The third-order valence-electron chi connectivity index (χ3n) is 3.28. The van der Waals surface area contributed by atoms with E-state index >= 15 is 0 Å². The molecule has 0 saturated carbocycles. The first kappa shape index (κ1) is 14.2. The van der Waals surface area contributed by atoms with Gasteiger partial charge in [0.25, 0.3) is 0 Å². The van der Waals surface area contributed by atoms with Gasteiger partial charge >= 0.3 is 0 Å². The maximum atomic E-state index is 14.0. The molecule has 3 heteroatoms. The molecule has 0 aliphatic heterocycles. The van der Waals surface area contributed by atoms with Crippen LogP contribution >= 0.6 is 11.3 Å². The Hall–Kier alpha value is -1.19. The zero-order valence-corrected chi connectivity index (χ0v) is 12.3. The molecule has 0 saturated heterocycles. The fraction of sp³-hybridized carbons (Fsp3) is 0.375. The molecule has 1 nitrogen and oxygen atoms in total. The summed E-state index contributed by atoms with van der Waals surface area (Å²) in [4.78, 5) is 0. The molecule has 1 aromatic heterocycles. The van der Waals surface area contributed by atoms with E-state index in [1.807, 2.05) is 19.1 Å². The number of aryl methyl sites for hydroxylation is 2. The van der Waals surface area contributed by atoms with Crippen LogP contribution in [0.3, 0.4) is 0 Å². The minimum Gasteiger partial charge on any atom is -0.310 e. The molecule has 0 aliphatic carbocycles. The van der Waals surface area contributed by atoms with Gasteiger partial charge in [0.1, 0.15) is 5.82 Å². The van der Waals surface area contributed by atoms with Crippen LogP contribution in [0, 0.1) is 12.7 Å². The Labute approximate surface area is 118 Å². The molecule has 1 unspecified atom stereocenters. The highest BCUT2D eigenvalue weighted by atomic mass is 32.1. The summed E-state index contributed by atoms with van der Waals surface area (Å²) < 4.78 is 14.0. The van der Waals surface area contributed by atoms with Crippen molar-refractivity contribution in [3.05, 3.63) is 57.5 Å². The molecule has 2 aromatic rings. The molecule has 19 heavy (non-hydrogen) atoms. The molecule has 0 amide bonds. The van der Waals surface area contributed by atoms with E-state index in [1.54, 1.807) is 17.4 Å². The van der Waals surface area contributed by atoms with Crippen molar-refractivity contribution < 1.29 is 4.39 Å². The van der Waals surface area contributed by atoms with Crippen LogP contribution in [0.25, 0.3) is 0 Å². The number of thiophene rings is 1. The van der Waals surface area contributed by atoms with E-state index in [2.05, 4.69) is 29.1 Å². The Morgan fingerprint density at radius 3 is 2.84 bits per heavy atom. The number of nitrogens with one attached hydrogen (secondary N) is 1. The van der Waals surface area contributed by atoms with Crippen LogP contribution in [0.2, 0.25) is 0 Å². The molecule has 0 spiro atoms. The van der Waals surface area contributed by atoms with E-state index in [4.69, 9.17) is 0 Å². The zero-order valence-electron chi connectivity index (χ0n) is 11.4. The van der Waals surface area contributed by atoms with Crippen molar-refractivity contribution in [2.24, 2.45) is 0 Å². The van der Waals surface area contributed by atoms with Crippen molar-refractivity contribution in [3.8, 4) is 0 Å². The van der Waals surface area contributed by atoms with Gasteiger partial charge < -0.3 is 5.32 Å². The maximum Gasteiger partial charge on any atom is 0.127 e. The Morgan fingerprint density at radius 2 is 2.16 bits per heavy atom. The largest absolute Gasteiger partial charge is 0.310 e. The quantitative estimate of drug-likeness (QED) is 0.821. The van der Waals surface area contributed by atoms with Gasteiger partial charge in [0.05, 0.1) is 0 Å². The fourth-order valence-electron chi connectivity index (χ4n) is 2.29. The SMILES string of the molecule is CCNC(CCc1ccsc1)c1cc(C)ccc1F. The smallest absolute Gasteiger partial charge is 0.127 e. The lowest BCUT2D eigenvalue weighted by atomic mass is 9.98. The number of hydrogen-bond donors (Lipinski definition) is 1. The predicted molar refractivity (Wildman–Crippen MR) is 80.2 cm³/mol. The molecule has 1 atom stereocenters. The predicted octanol–water partition coefficient (Wildman–Crippen LogP) is 4.48.